The second-order valence-electron chi connectivity index (χ2n) is 3.16. The minimum absolute atomic E-state index is 0.158. The number of rotatable bonds is 3. The van der Waals surface area contributed by atoms with Crippen LogP contribution in [0.15, 0.2) is 9.73 Å². The molecule has 0 aliphatic heterocycles. The van der Waals surface area contributed by atoms with Crippen LogP contribution in [0.1, 0.15) is 30.0 Å². The molecule has 0 aliphatic rings. The first-order valence-electron chi connectivity index (χ1n) is 4.24. The van der Waals surface area contributed by atoms with E-state index in [2.05, 4.69) is 25.5 Å². The number of aromatic nitrogens is 2. The van der Waals surface area contributed by atoms with Crippen LogP contribution in [0.4, 0.5) is 0 Å². The highest BCUT2D eigenvalue weighted by Gasteiger charge is 2.13. The van der Waals surface area contributed by atoms with Crippen molar-refractivity contribution in [2.75, 3.05) is 0 Å². The van der Waals surface area contributed by atoms with Gasteiger partial charge < -0.3 is 0 Å². The second kappa shape index (κ2) is 4.50. The summed E-state index contributed by atoms with van der Waals surface area (Å²) in [6.45, 7) is 5.55. The summed E-state index contributed by atoms with van der Waals surface area (Å²) in [5, 5.41) is 10.7. The van der Waals surface area contributed by atoms with E-state index in [1.54, 1.807) is 13.1 Å². The van der Waals surface area contributed by atoms with E-state index >= 15 is 0 Å². The second-order valence-corrected chi connectivity index (χ2v) is 3.16. The molecule has 0 saturated carbocycles. The van der Waals surface area contributed by atoms with Crippen molar-refractivity contribution in [1.82, 2.24) is 15.7 Å². The van der Waals surface area contributed by atoms with E-state index in [1.807, 2.05) is 13.8 Å². The lowest BCUT2D eigenvalue weighted by Gasteiger charge is -1.95. The smallest absolute Gasteiger partial charge is 0.265 e. The summed E-state index contributed by atoms with van der Waals surface area (Å²) in [5.74, 6) is -0.132. The predicted octanol–water partition coefficient (Wildman–Crippen LogP) is 0.750. The lowest BCUT2D eigenvalue weighted by Crippen LogP contribution is -2.19. The molecule has 76 valence electrons. The molecule has 0 bridgehead atoms. The minimum atomic E-state index is -0.416. The molecule has 1 N–H and O–H groups in total. The summed E-state index contributed by atoms with van der Waals surface area (Å²) in [5.41, 5.74) is 2.93. The van der Waals surface area contributed by atoms with Crippen LogP contribution in [-0.2, 0) is 0 Å². The van der Waals surface area contributed by atoms with Crippen molar-refractivity contribution in [2.45, 2.75) is 20.8 Å². The molecule has 0 saturated heterocycles. The number of nitrogens with one attached hydrogen (secondary N) is 1. The first kappa shape index (κ1) is 10.4. The fourth-order valence-electron chi connectivity index (χ4n) is 0.735. The Kier molecular flexibility index (Phi) is 3.33. The number of carbonyl (C=O) groups excluding carboxylic acids is 1. The van der Waals surface area contributed by atoms with E-state index < -0.39 is 5.91 Å². The normalized spacial score (nSPS) is 11.1. The number of amides is 1. The van der Waals surface area contributed by atoms with Crippen molar-refractivity contribution in [3.8, 4) is 0 Å². The third-order valence-corrected chi connectivity index (χ3v) is 1.41. The fraction of sp³-hybridized carbons (Fsp3) is 0.500. The molecule has 1 aromatic heterocycles. The van der Waals surface area contributed by atoms with E-state index in [4.69, 9.17) is 0 Å². The van der Waals surface area contributed by atoms with Crippen LogP contribution in [0, 0.1) is 12.8 Å². The van der Waals surface area contributed by atoms with Gasteiger partial charge in [0.15, 0.2) is 5.69 Å². The van der Waals surface area contributed by atoms with Crippen molar-refractivity contribution in [3.63, 3.8) is 0 Å². The van der Waals surface area contributed by atoms with E-state index in [1.165, 1.54) is 0 Å². The molecule has 1 amide bonds. The van der Waals surface area contributed by atoms with Crippen LogP contribution in [0.25, 0.3) is 0 Å². The van der Waals surface area contributed by atoms with Crippen LogP contribution in [0.2, 0.25) is 0 Å². The number of hydrazone groups is 1. The lowest BCUT2D eigenvalue weighted by atomic mass is 10.3. The molecule has 0 atom stereocenters. The topological polar surface area (TPSA) is 80.4 Å². The van der Waals surface area contributed by atoms with Crippen molar-refractivity contribution >= 4 is 12.1 Å². The van der Waals surface area contributed by atoms with Crippen molar-refractivity contribution in [3.05, 3.63) is 11.4 Å². The Morgan fingerprint density at radius 1 is 1.57 bits per heavy atom. The van der Waals surface area contributed by atoms with Crippen LogP contribution in [0.3, 0.4) is 0 Å². The molecule has 0 radical (unpaired) electrons. The average Bonchev–Trinajstić information content (AvgIpc) is 2.50. The molecule has 6 nitrogen and oxygen atoms in total. The lowest BCUT2D eigenvalue weighted by molar-refractivity contribution is 0.0944. The van der Waals surface area contributed by atoms with Gasteiger partial charge in [-0.05, 0) is 18.0 Å². The molecule has 0 aliphatic carbocycles. The molecule has 0 spiro atoms. The van der Waals surface area contributed by atoms with Gasteiger partial charge in [-0.3, -0.25) is 4.79 Å². The first-order valence-corrected chi connectivity index (χ1v) is 4.24. The molecule has 0 fully saturated rings. The number of hydrogen-bond acceptors (Lipinski definition) is 5. The zero-order valence-corrected chi connectivity index (χ0v) is 8.31. The summed E-state index contributed by atoms with van der Waals surface area (Å²) in [4.78, 5) is 11.3. The van der Waals surface area contributed by atoms with Gasteiger partial charge in [-0.25, -0.2) is 10.1 Å². The SMILES string of the molecule is Cc1nonc1C(=O)NN=CC(C)C. The Morgan fingerprint density at radius 3 is 2.79 bits per heavy atom. The maximum atomic E-state index is 11.3. The van der Waals surface area contributed by atoms with Gasteiger partial charge in [0.1, 0.15) is 5.69 Å². The summed E-state index contributed by atoms with van der Waals surface area (Å²) in [6, 6.07) is 0. The van der Waals surface area contributed by atoms with Crippen LogP contribution in [-0.4, -0.2) is 22.4 Å². The Bertz CT molecular complexity index is 343. The maximum Gasteiger partial charge on any atom is 0.295 e. The fourth-order valence-corrected chi connectivity index (χ4v) is 0.735. The number of nitrogens with zero attached hydrogens (tertiary/aromatic N) is 3. The third-order valence-electron chi connectivity index (χ3n) is 1.41. The van der Waals surface area contributed by atoms with Gasteiger partial charge in [-0.15, -0.1) is 0 Å². The van der Waals surface area contributed by atoms with Gasteiger partial charge in [0.25, 0.3) is 5.91 Å². The summed E-state index contributed by atoms with van der Waals surface area (Å²) >= 11 is 0. The van der Waals surface area contributed by atoms with Crippen molar-refractivity contribution in [1.29, 1.82) is 0 Å². The van der Waals surface area contributed by atoms with Gasteiger partial charge in [0.2, 0.25) is 0 Å². The highest BCUT2D eigenvalue weighted by molar-refractivity contribution is 5.93. The van der Waals surface area contributed by atoms with E-state index in [0.717, 1.165) is 0 Å². The molecule has 14 heavy (non-hydrogen) atoms. The highest BCUT2D eigenvalue weighted by atomic mass is 16.6. The molecule has 1 heterocycles. The Hall–Kier alpha value is -1.72. The van der Waals surface area contributed by atoms with Gasteiger partial charge in [-0.2, -0.15) is 5.10 Å². The monoisotopic (exact) mass is 196 g/mol. The van der Waals surface area contributed by atoms with Crippen LogP contribution >= 0.6 is 0 Å². The zero-order chi connectivity index (χ0) is 10.6. The van der Waals surface area contributed by atoms with Crippen molar-refractivity contribution < 1.29 is 9.42 Å². The molecule has 0 aromatic carbocycles. The Balaban J connectivity index is 2.56. The third kappa shape index (κ3) is 2.65. The summed E-state index contributed by atoms with van der Waals surface area (Å²) in [6.07, 6.45) is 1.63. The summed E-state index contributed by atoms with van der Waals surface area (Å²) in [7, 11) is 0. The predicted molar refractivity (Wildman–Crippen MR) is 49.8 cm³/mol. The van der Waals surface area contributed by atoms with Crippen LogP contribution < -0.4 is 5.43 Å². The largest absolute Gasteiger partial charge is 0.295 e. The molecule has 1 aromatic rings. The Labute approximate surface area is 81.3 Å². The molecule has 0 unspecified atom stereocenters. The van der Waals surface area contributed by atoms with Gasteiger partial charge in [-0.1, -0.05) is 19.0 Å². The van der Waals surface area contributed by atoms with Gasteiger partial charge >= 0.3 is 0 Å². The number of carbonyl (C=O) groups is 1. The van der Waals surface area contributed by atoms with E-state index in [-0.39, 0.29) is 11.6 Å². The Morgan fingerprint density at radius 2 is 2.29 bits per heavy atom. The number of hydrogen-bond donors (Lipinski definition) is 1. The number of aryl methyl sites for hydroxylation is 1. The zero-order valence-electron chi connectivity index (χ0n) is 8.31. The first-order chi connectivity index (χ1) is 6.61. The molecule has 6 heteroatoms. The molecular formula is C8H12N4O2. The maximum absolute atomic E-state index is 11.3. The van der Waals surface area contributed by atoms with Gasteiger partial charge in [0.05, 0.1) is 0 Å². The summed E-state index contributed by atoms with van der Waals surface area (Å²) < 4.78 is 4.38. The average molecular weight is 196 g/mol. The van der Waals surface area contributed by atoms with E-state index in [9.17, 15) is 4.79 Å². The minimum Gasteiger partial charge on any atom is -0.265 e. The van der Waals surface area contributed by atoms with Gasteiger partial charge in [0, 0.05) is 6.21 Å². The quantitative estimate of drug-likeness (QED) is 0.571. The molecular weight excluding hydrogens is 184 g/mol. The van der Waals surface area contributed by atoms with Crippen molar-refractivity contribution in [2.24, 2.45) is 11.0 Å². The van der Waals surface area contributed by atoms with Crippen LogP contribution in [0.5, 0.6) is 0 Å². The molecule has 1 rings (SSSR count). The standard InChI is InChI=1S/C8H12N4O2/c1-5(2)4-9-10-8(13)7-6(3)11-14-12-7/h4-5H,1-3H3,(H,10,13). The van der Waals surface area contributed by atoms with E-state index in [0.29, 0.717) is 5.69 Å². The highest BCUT2D eigenvalue weighted by Crippen LogP contribution is 1.99.